The van der Waals surface area contributed by atoms with Gasteiger partial charge >= 0.3 is 16.2 Å². The summed E-state index contributed by atoms with van der Waals surface area (Å²) in [7, 11) is -1.78. The maximum atomic E-state index is 13.7. The first-order valence-corrected chi connectivity index (χ1v) is 17.4. The Bertz CT molecular complexity index is 1900. The third-order valence-corrected chi connectivity index (χ3v) is 9.40. The first-order chi connectivity index (χ1) is 23.2. The van der Waals surface area contributed by atoms with Crippen LogP contribution in [-0.2, 0) is 37.6 Å². The second-order valence-electron chi connectivity index (χ2n) is 11.3. The molecule has 0 aliphatic carbocycles. The van der Waals surface area contributed by atoms with Gasteiger partial charge in [-0.2, -0.15) is 13.1 Å². The molecule has 14 heteroatoms. The van der Waals surface area contributed by atoms with Crippen LogP contribution in [0.4, 0.5) is 16.2 Å². The minimum atomic E-state index is -4.74. The molecule has 0 saturated carbocycles. The number of hydrogen-bond acceptors (Lipinski definition) is 6. The minimum absolute atomic E-state index is 0.0513. The van der Waals surface area contributed by atoms with Gasteiger partial charge in [-0.3, -0.25) is 9.59 Å². The molecule has 11 nitrogen and oxygen atoms in total. The highest BCUT2D eigenvalue weighted by atomic mass is 35.5. The van der Waals surface area contributed by atoms with E-state index in [1.165, 1.54) is 23.9 Å². The van der Waals surface area contributed by atoms with Gasteiger partial charge in [0.25, 0.3) is 5.91 Å². The van der Waals surface area contributed by atoms with Gasteiger partial charge in [0, 0.05) is 41.9 Å². The number of hydrogen-bond donors (Lipinski definition) is 3. The summed E-state index contributed by atoms with van der Waals surface area (Å²) in [6.07, 6.45) is -1.70. The number of likely N-dealkylation sites (N-methyl/N-ethyl adjacent to an activating group) is 2. The van der Waals surface area contributed by atoms with E-state index >= 15 is 0 Å². The SMILES string of the molecule is Cc1ccc(N(C)C(=O)C(NS(=O)(=O)NC(=O)N[C@@H](Cc2ccccc2)C(=O)N(C)c2ccc(C)c(Cl)c2)OCc2ccccc2)cc1Cl. The number of halogens is 2. The fourth-order valence-electron chi connectivity index (χ4n) is 4.68. The van der Waals surface area contributed by atoms with Gasteiger partial charge in [-0.25, -0.2) is 9.52 Å². The third-order valence-electron chi connectivity index (χ3n) is 7.61. The monoisotopic (exact) mass is 725 g/mol. The van der Waals surface area contributed by atoms with Gasteiger partial charge in [-0.15, -0.1) is 0 Å². The van der Waals surface area contributed by atoms with Gasteiger partial charge in [0.2, 0.25) is 12.1 Å². The lowest BCUT2D eigenvalue weighted by Crippen LogP contribution is -2.57. The molecule has 0 saturated heterocycles. The highest BCUT2D eigenvalue weighted by Crippen LogP contribution is 2.24. The summed E-state index contributed by atoms with van der Waals surface area (Å²) in [4.78, 5) is 43.0. The summed E-state index contributed by atoms with van der Waals surface area (Å²) < 4.78 is 36.3. The number of urea groups is 1. The van der Waals surface area contributed by atoms with Crippen LogP contribution < -0.4 is 24.6 Å². The van der Waals surface area contributed by atoms with Crippen molar-refractivity contribution in [2.24, 2.45) is 0 Å². The average molecular weight is 727 g/mol. The predicted molar refractivity (Wildman–Crippen MR) is 192 cm³/mol. The molecule has 0 heterocycles. The number of carbonyl (C=O) groups excluding carboxylic acids is 3. The van der Waals surface area contributed by atoms with Crippen molar-refractivity contribution in [2.45, 2.75) is 39.1 Å². The predicted octanol–water partition coefficient (Wildman–Crippen LogP) is 5.52. The van der Waals surface area contributed by atoms with Crippen molar-refractivity contribution >= 4 is 62.6 Å². The van der Waals surface area contributed by atoms with E-state index in [0.29, 0.717) is 27.0 Å². The van der Waals surface area contributed by atoms with Crippen molar-refractivity contribution in [1.29, 1.82) is 0 Å². The molecule has 0 spiro atoms. The van der Waals surface area contributed by atoms with Gasteiger partial charge in [0.15, 0.2) is 0 Å². The lowest BCUT2D eigenvalue weighted by atomic mass is 10.0. The van der Waals surface area contributed by atoms with Crippen molar-refractivity contribution in [3.8, 4) is 0 Å². The van der Waals surface area contributed by atoms with Crippen LogP contribution in [0.2, 0.25) is 10.0 Å². The Morgan fingerprint density at radius 2 is 1.22 bits per heavy atom. The molecule has 0 fully saturated rings. The standard InChI is InChI=1S/C35H37Cl2N5O6S/c1-23-15-17-27(20-29(23)36)41(3)33(43)31(19-25-11-7-5-8-12-25)38-35(45)40-49(46,47)39-32(48-22-26-13-9-6-10-14-26)34(44)42(4)28-18-16-24(2)30(37)21-28/h5-18,20-21,31-32,39H,19,22H2,1-4H3,(H2,38,40,45)/t31-,32?/m0/s1. The molecule has 0 aliphatic heterocycles. The van der Waals surface area contributed by atoms with Crippen LogP contribution in [-0.4, -0.2) is 52.6 Å². The normalized spacial score (nSPS) is 12.4. The molecule has 0 aliphatic rings. The molecule has 2 atom stereocenters. The fraction of sp³-hybridized carbons (Fsp3) is 0.229. The molecule has 4 rings (SSSR count). The molecular weight excluding hydrogens is 689 g/mol. The van der Waals surface area contributed by atoms with Crippen molar-refractivity contribution in [3.05, 3.63) is 129 Å². The van der Waals surface area contributed by atoms with E-state index in [1.54, 1.807) is 97.9 Å². The largest absolute Gasteiger partial charge is 0.348 e. The molecule has 4 aromatic rings. The molecule has 0 bridgehead atoms. The van der Waals surface area contributed by atoms with E-state index in [-0.39, 0.29) is 13.0 Å². The highest BCUT2D eigenvalue weighted by molar-refractivity contribution is 7.88. The molecular formula is C35H37Cl2N5O6S. The van der Waals surface area contributed by atoms with Gasteiger partial charge in [0.1, 0.15) is 6.04 Å². The average Bonchev–Trinajstić information content (AvgIpc) is 3.08. The van der Waals surface area contributed by atoms with Crippen LogP contribution in [0.15, 0.2) is 97.1 Å². The maximum absolute atomic E-state index is 13.7. The van der Waals surface area contributed by atoms with Gasteiger partial charge < -0.3 is 19.9 Å². The summed E-state index contributed by atoms with van der Waals surface area (Å²) >= 11 is 12.5. The number of nitrogens with one attached hydrogen (secondary N) is 3. The fourth-order valence-corrected chi connectivity index (χ4v) is 5.85. The van der Waals surface area contributed by atoms with Crippen LogP contribution in [0.3, 0.4) is 0 Å². The second kappa shape index (κ2) is 16.8. The first-order valence-electron chi connectivity index (χ1n) is 15.1. The van der Waals surface area contributed by atoms with Crippen molar-refractivity contribution in [2.75, 3.05) is 23.9 Å². The number of ether oxygens (including phenoxy) is 1. The number of nitrogens with zero attached hydrogens (tertiary/aromatic N) is 2. The quantitative estimate of drug-likeness (QED) is 0.155. The topological polar surface area (TPSA) is 137 Å². The highest BCUT2D eigenvalue weighted by Gasteiger charge is 2.32. The Morgan fingerprint density at radius 1 is 0.735 bits per heavy atom. The third kappa shape index (κ3) is 10.5. The van der Waals surface area contributed by atoms with E-state index in [1.807, 2.05) is 17.7 Å². The minimum Gasteiger partial charge on any atom is -0.348 e. The van der Waals surface area contributed by atoms with Gasteiger partial charge in [-0.05, 0) is 60.4 Å². The van der Waals surface area contributed by atoms with Crippen molar-refractivity contribution in [1.82, 2.24) is 14.8 Å². The molecule has 49 heavy (non-hydrogen) atoms. The van der Waals surface area contributed by atoms with Crippen LogP contribution in [0.1, 0.15) is 22.3 Å². The summed E-state index contributed by atoms with van der Waals surface area (Å²) in [5.41, 5.74) is 3.87. The van der Waals surface area contributed by atoms with Gasteiger partial charge in [0.05, 0.1) is 6.61 Å². The lowest BCUT2D eigenvalue weighted by Gasteiger charge is -2.26. The molecule has 3 N–H and O–H groups in total. The Morgan fingerprint density at radius 3 is 1.73 bits per heavy atom. The maximum Gasteiger partial charge on any atom is 0.330 e. The van der Waals surface area contributed by atoms with Crippen LogP contribution in [0.5, 0.6) is 0 Å². The Kier molecular flexibility index (Phi) is 12.8. The number of benzene rings is 4. The van der Waals surface area contributed by atoms with E-state index in [9.17, 15) is 22.8 Å². The second-order valence-corrected chi connectivity index (χ2v) is 13.5. The molecule has 4 amide bonds. The molecule has 1 unspecified atom stereocenters. The molecule has 4 aromatic carbocycles. The summed E-state index contributed by atoms with van der Waals surface area (Å²) in [6.45, 7) is 3.50. The lowest BCUT2D eigenvalue weighted by molar-refractivity contribution is -0.131. The van der Waals surface area contributed by atoms with Crippen molar-refractivity contribution in [3.63, 3.8) is 0 Å². The summed E-state index contributed by atoms with van der Waals surface area (Å²) in [5.74, 6) is -1.31. The summed E-state index contributed by atoms with van der Waals surface area (Å²) in [6, 6.07) is 25.4. The zero-order valence-electron chi connectivity index (χ0n) is 27.3. The molecule has 0 aromatic heterocycles. The Hall–Kier alpha value is -4.46. The molecule has 258 valence electrons. The first kappa shape index (κ1) is 37.4. The zero-order valence-corrected chi connectivity index (χ0v) is 29.6. The smallest absolute Gasteiger partial charge is 0.330 e. The van der Waals surface area contributed by atoms with E-state index in [2.05, 4.69) is 10.0 Å². The number of rotatable bonds is 13. The van der Waals surface area contributed by atoms with Crippen LogP contribution in [0.25, 0.3) is 0 Å². The molecule has 0 radical (unpaired) electrons. The van der Waals surface area contributed by atoms with Crippen molar-refractivity contribution < 1.29 is 27.5 Å². The number of aryl methyl sites for hydroxylation is 2. The Balaban J connectivity index is 1.53. The number of carbonyl (C=O) groups is 3. The van der Waals surface area contributed by atoms with Crippen LogP contribution in [0, 0.1) is 13.8 Å². The summed E-state index contributed by atoms with van der Waals surface area (Å²) in [5, 5.41) is 3.34. The van der Waals surface area contributed by atoms with E-state index < -0.39 is 40.3 Å². The Labute approximate surface area is 296 Å². The number of amides is 4. The zero-order chi connectivity index (χ0) is 35.7. The van der Waals surface area contributed by atoms with Crippen LogP contribution >= 0.6 is 23.2 Å². The number of anilines is 2. The van der Waals surface area contributed by atoms with E-state index in [4.69, 9.17) is 27.9 Å². The van der Waals surface area contributed by atoms with E-state index in [0.717, 1.165) is 16.7 Å². The van der Waals surface area contributed by atoms with Gasteiger partial charge in [-0.1, -0.05) is 96.0 Å².